The molecule has 0 fully saturated rings. The molecule has 0 aliphatic carbocycles. The number of aromatic hydroxyl groups is 1. The zero-order valence-electron chi connectivity index (χ0n) is 13.3. The van der Waals surface area contributed by atoms with Gasteiger partial charge in [-0.3, -0.25) is 14.4 Å². The molecule has 11 heteroatoms. The van der Waals surface area contributed by atoms with E-state index in [-0.39, 0.29) is 18.7 Å². The second-order valence-electron chi connectivity index (χ2n) is 4.54. The summed E-state index contributed by atoms with van der Waals surface area (Å²) in [5, 5.41) is 41.0. The zero-order valence-corrected chi connectivity index (χ0v) is 13.3. The van der Waals surface area contributed by atoms with Gasteiger partial charge in [0.2, 0.25) is 0 Å². The fraction of sp³-hybridized carbons (Fsp3) is 0.357. The van der Waals surface area contributed by atoms with E-state index >= 15 is 0 Å². The van der Waals surface area contributed by atoms with E-state index in [0.29, 0.717) is 0 Å². The third-order valence-electron chi connectivity index (χ3n) is 2.40. The highest BCUT2D eigenvalue weighted by atomic mass is 16.4. The first-order valence-electron chi connectivity index (χ1n) is 6.82. The van der Waals surface area contributed by atoms with Crippen LogP contribution in [0.25, 0.3) is 0 Å². The maximum Gasteiger partial charge on any atom is 0.322 e. The number of carboxylic acid groups (broad SMARTS) is 3. The summed E-state index contributed by atoms with van der Waals surface area (Å²) in [6, 6.07) is 4.30. The molecule has 0 heterocycles. The largest absolute Gasteiger partial charge is 0.508 e. The lowest BCUT2D eigenvalue weighted by molar-refractivity contribution is -0.140. The van der Waals surface area contributed by atoms with Gasteiger partial charge in [0.05, 0.1) is 13.2 Å². The SMILES string of the molecule is NC(CO)C(=O)O.NC(Cc1ccc(O)cc1)C(=O)O.NCC(=O)O. The number of carboxylic acids is 3. The normalized spacial score (nSPS) is 11.7. The topological polar surface area (TPSA) is 230 Å². The van der Waals surface area contributed by atoms with Gasteiger partial charge >= 0.3 is 17.9 Å². The number of aliphatic hydroxyl groups is 1. The number of aliphatic hydroxyl groups excluding tert-OH is 1. The number of carbonyl (C=O) groups is 3. The summed E-state index contributed by atoms with van der Waals surface area (Å²) < 4.78 is 0. The summed E-state index contributed by atoms with van der Waals surface area (Å²) >= 11 is 0. The quantitative estimate of drug-likeness (QED) is 0.270. The molecule has 0 aliphatic rings. The van der Waals surface area contributed by atoms with Crippen LogP contribution < -0.4 is 17.2 Å². The van der Waals surface area contributed by atoms with Crippen molar-refractivity contribution in [3.8, 4) is 5.75 Å². The van der Waals surface area contributed by atoms with Crippen LogP contribution in [0.3, 0.4) is 0 Å². The number of rotatable bonds is 6. The predicted molar refractivity (Wildman–Crippen MR) is 86.8 cm³/mol. The van der Waals surface area contributed by atoms with E-state index in [1.54, 1.807) is 12.1 Å². The number of phenols is 1. The highest BCUT2D eigenvalue weighted by Gasteiger charge is 2.11. The van der Waals surface area contributed by atoms with Crippen molar-refractivity contribution in [2.45, 2.75) is 18.5 Å². The highest BCUT2D eigenvalue weighted by molar-refractivity contribution is 5.73. The Labute approximate surface area is 143 Å². The summed E-state index contributed by atoms with van der Waals surface area (Å²) in [4.78, 5) is 29.3. The number of aliphatic carboxylic acids is 3. The molecule has 0 amide bonds. The van der Waals surface area contributed by atoms with E-state index in [0.717, 1.165) is 5.56 Å². The lowest BCUT2D eigenvalue weighted by Crippen LogP contribution is -2.33. The van der Waals surface area contributed by atoms with Crippen molar-refractivity contribution in [3.05, 3.63) is 29.8 Å². The Balaban J connectivity index is 0. The Morgan fingerprint density at radius 1 is 0.920 bits per heavy atom. The van der Waals surface area contributed by atoms with Gasteiger partial charge in [-0.2, -0.15) is 0 Å². The van der Waals surface area contributed by atoms with Gasteiger partial charge in [-0.1, -0.05) is 12.1 Å². The predicted octanol–water partition coefficient (Wildman–Crippen LogP) is -2.23. The summed E-state index contributed by atoms with van der Waals surface area (Å²) in [6.07, 6.45) is 0.273. The maximum atomic E-state index is 10.4. The van der Waals surface area contributed by atoms with Crippen LogP contribution in [0.1, 0.15) is 5.56 Å². The Morgan fingerprint density at radius 2 is 1.32 bits per heavy atom. The third-order valence-corrected chi connectivity index (χ3v) is 2.40. The molecule has 11 nitrogen and oxygen atoms in total. The molecule has 142 valence electrons. The molecule has 0 saturated carbocycles. The van der Waals surface area contributed by atoms with Gasteiger partial charge in [0.25, 0.3) is 0 Å². The summed E-state index contributed by atoms with van der Waals surface area (Å²) in [5.74, 6) is -3.01. The van der Waals surface area contributed by atoms with E-state index < -0.39 is 36.6 Å². The molecule has 25 heavy (non-hydrogen) atoms. The summed E-state index contributed by atoms with van der Waals surface area (Å²) in [7, 11) is 0. The second-order valence-corrected chi connectivity index (χ2v) is 4.54. The smallest absolute Gasteiger partial charge is 0.322 e. The molecule has 1 aromatic rings. The van der Waals surface area contributed by atoms with Crippen LogP contribution in [-0.4, -0.2) is 68.7 Å². The molecule has 0 saturated heterocycles. The molecule has 0 spiro atoms. The van der Waals surface area contributed by atoms with Crippen LogP contribution in [0.15, 0.2) is 24.3 Å². The molecule has 1 aromatic carbocycles. The van der Waals surface area contributed by atoms with Gasteiger partial charge in [0.15, 0.2) is 0 Å². The van der Waals surface area contributed by atoms with Gasteiger partial charge in [-0.25, -0.2) is 0 Å². The van der Waals surface area contributed by atoms with E-state index in [1.165, 1.54) is 12.1 Å². The zero-order chi connectivity index (χ0) is 20.0. The van der Waals surface area contributed by atoms with Gasteiger partial charge in [0, 0.05) is 0 Å². The van der Waals surface area contributed by atoms with Crippen LogP contribution >= 0.6 is 0 Å². The first-order chi connectivity index (χ1) is 11.5. The van der Waals surface area contributed by atoms with Crippen molar-refractivity contribution in [1.29, 1.82) is 0 Å². The molecule has 0 bridgehead atoms. The van der Waals surface area contributed by atoms with Crippen LogP contribution in [0.4, 0.5) is 0 Å². The Kier molecular flexibility index (Phi) is 13.4. The minimum absolute atomic E-state index is 0.160. The molecule has 2 atom stereocenters. The van der Waals surface area contributed by atoms with Crippen molar-refractivity contribution < 1.29 is 39.9 Å². The van der Waals surface area contributed by atoms with Gasteiger partial charge in [0.1, 0.15) is 17.8 Å². The van der Waals surface area contributed by atoms with E-state index in [9.17, 15) is 14.4 Å². The highest BCUT2D eigenvalue weighted by Crippen LogP contribution is 2.10. The molecule has 0 aliphatic heterocycles. The van der Waals surface area contributed by atoms with Crippen molar-refractivity contribution in [3.63, 3.8) is 0 Å². The van der Waals surface area contributed by atoms with Crippen LogP contribution in [-0.2, 0) is 20.8 Å². The number of hydrogen-bond acceptors (Lipinski definition) is 8. The lowest BCUT2D eigenvalue weighted by Gasteiger charge is -2.05. The fourth-order valence-corrected chi connectivity index (χ4v) is 1.05. The minimum atomic E-state index is -1.18. The van der Waals surface area contributed by atoms with Crippen LogP contribution in [0.2, 0.25) is 0 Å². The summed E-state index contributed by atoms with van der Waals surface area (Å²) in [5.41, 5.74) is 15.5. The number of phenolic OH excluding ortho intramolecular Hbond substituents is 1. The number of benzene rings is 1. The molecular formula is C14H23N3O8. The molecule has 0 aromatic heterocycles. The number of nitrogens with two attached hydrogens (primary N) is 3. The third kappa shape index (κ3) is 14.6. The van der Waals surface area contributed by atoms with Crippen LogP contribution in [0, 0.1) is 0 Å². The number of hydrogen-bond donors (Lipinski definition) is 8. The summed E-state index contributed by atoms with van der Waals surface area (Å²) in [6.45, 7) is -0.782. The van der Waals surface area contributed by atoms with Crippen molar-refractivity contribution >= 4 is 17.9 Å². The minimum Gasteiger partial charge on any atom is -0.508 e. The van der Waals surface area contributed by atoms with Crippen LogP contribution in [0.5, 0.6) is 5.75 Å². The average Bonchev–Trinajstić information content (AvgIpc) is 2.56. The molecule has 0 radical (unpaired) electrons. The first kappa shape index (κ1) is 24.5. The Morgan fingerprint density at radius 3 is 1.56 bits per heavy atom. The van der Waals surface area contributed by atoms with Gasteiger partial charge in [-0.15, -0.1) is 0 Å². The van der Waals surface area contributed by atoms with Crippen molar-refractivity contribution in [2.24, 2.45) is 17.2 Å². The van der Waals surface area contributed by atoms with Crippen molar-refractivity contribution in [1.82, 2.24) is 0 Å². The monoisotopic (exact) mass is 361 g/mol. The van der Waals surface area contributed by atoms with E-state index in [4.69, 9.17) is 37.0 Å². The fourth-order valence-electron chi connectivity index (χ4n) is 1.05. The van der Waals surface area contributed by atoms with Crippen molar-refractivity contribution in [2.75, 3.05) is 13.2 Å². The molecule has 11 N–H and O–H groups in total. The lowest BCUT2D eigenvalue weighted by atomic mass is 10.1. The van der Waals surface area contributed by atoms with Gasteiger partial charge < -0.3 is 42.7 Å². The standard InChI is InChI=1S/C9H11NO3.C3H7NO3.C2H5NO2/c10-8(9(12)13)5-6-1-3-7(11)4-2-6;4-2(1-5)3(6)7;3-1-2(4)5/h1-4,8,11H,5,10H2,(H,12,13);2,5H,1,4H2,(H,6,7);1,3H2,(H,4,5). The molecule has 1 rings (SSSR count). The molecule has 2 unspecified atom stereocenters. The average molecular weight is 361 g/mol. The first-order valence-corrected chi connectivity index (χ1v) is 6.82. The maximum absolute atomic E-state index is 10.4. The van der Waals surface area contributed by atoms with Gasteiger partial charge in [-0.05, 0) is 24.1 Å². The second kappa shape index (κ2) is 13.7. The Bertz CT molecular complexity index is 535. The van der Waals surface area contributed by atoms with E-state index in [1.807, 2.05) is 0 Å². The van der Waals surface area contributed by atoms with E-state index in [2.05, 4.69) is 5.73 Å². The Hall–Kier alpha value is -2.73. The molecular weight excluding hydrogens is 338 g/mol.